The molecule has 54 valence electrons. The molecule has 1 heterocycles. The summed E-state index contributed by atoms with van der Waals surface area (Å²) in [6, 6.07) is 1.90. The van der Waals surface area contributed by atoms with Gasteiger partial charge in [-0.25, -0.2) is 0 Å². The second kappa shape index (κ2) is 2.70. The van der Waals surface area contributed by atoms with Gasteiger partial charge in [-0.15, -0.1) is 0 Å². The number of nitriles is 1. The fraction of sp³-hybridized carbons (Fsp3) is 0.714. The van der Waals surface area contributed by atoms with E-state index in [-0.39, 0.29) is 12.1 Å². The second-order valence-electron chi connectivity index (χ2n) is 2.38. The number of hydrogen-bond donors (Lipinski definition) is 0. The quantitative estimate of drug-likeness (QED) is 0.506. The van der Waals surface area contributed by atoms with Crippen molar-refractivity contribution < 1.29 is 9.53 Å². The van der Waals surface area contributed by atoms with E-state index in [1.54, 1.807) is 0 Å². The predicted molar refractivity (Wildman–Crippen MR) is 33.9 cm³/mol. The maximum atomic E-state index is 10.7. The number of esters is 1. The molecule has 0 N–H and O–H groups in total. The molecule has 3 heteroatoms. The van der Waals surface area contributed by atoms with Crippen molar-refractivity contribution in [2.24, 2.45) is 5.92 Å². The molecule has 1 aliphatic heterocycles. The Morgan fingerprint density at radius 3 is 2.90 bits per heavy atom. The first kappa shape index (κ1) is 7.07. The minimum Gasteiger partial charge on any atom is -0.461 e. The summed E-state index contributed by atoms with van der Waals surface area (Å²) in [5.74, 6) is -0.862. The van der Waals surface area contributed by atoms with Crippen LogP contribution in [-0.4, -0.2) is 12.1 Å². The smallest absolute Gasteiger partial charge is 0.323 e. The van der Waals surface area contributed by atoms with Gasteiger partial charge in [-0.2, -0.15) is 5.26 Å². The largest absolute Gasteiger partial charge is 0.461 e. The summed E-state index contributed by atoms with van der Waals surface area (Å²) in [7, 11) is 0. The maximum absolute atomic E-state index is 10.7. The van der Waals surface area contributed by atoms with Crippen LogP contribution in [0.1, 0.15) is 19.8 Å². The number of ether oxygens (including phenoxy) is 1. The Morgan fingerprint density at radius 1 is 1.90 bits per heavy atom. The monoisotopic (exact) mass is 139 g/mol. The third-order valence-corrected chi connectivity index (χ3v) is 1.68. The summed E-state index contributed by atoms with van der Waals surface area (Å²) >= 11 is 0. The zero-order chi connectivity index (χ0) is 7.56. The Bertz CT molecular complexity index is 183. The highest BCUT2D eigenvalue weighted by Gasteiger charge is 2.32. The molecule has 0 amide bonds. The molecule has 0 aromatic carbocycles. The van der Waals surface area contributed by atoms with Crippen LogP contribution in [0.25, 0.3) is 0 Å². The number of carbonyl (C=O) groups is 1. The van der Waals surface area contributed by atoms with Crippen LogP contribution in [0, 0.1) is 17.2 Å². The lowest BCUT2D eigenvalue weighted by molar-refractivity contribution is -0.143. The molecule has 2 atom stereocenters. The third-order valence-electron chi connectivity index (χ3n) is 1.68. The van der Waals surface area contributed by atoms with Crippen molar-refractivity contribution in [3.05, 3.63) is 0 Å². The molecule has 0 saturated carbocycles. The van der Waals surface area contributed by atoms with E-state index in [2.05, 4.69) is 0 Å². The Morgan fingerprint density at radius 2 is 2.60 bits per heavy atom. The van der Waals surface area contributed by atoms with Crippen LogP contribution in [0.15, 0.2) is 0 Å². The number of nitrogens with zero attached hydrogens (tertiary/aromatic N) is 1. The van der Waals surface area contributed by atoms with E-state index in [1.165, 1.54) is 0 Å². The summed E-state index contributed by atoms with van der Waals surface area (Å²) < 4.78 is 4.85. The predicted octanol–water partition coefficient (Wildman–Crippen LogP) is 0.852. The van der Waals surface area contributed by atoms with Crippen LogP contribution in [0.3, 0.4) is 0 Å². The highest BCUT2D eigenvalue weighted by molar-refractivity contribution is 5.77. The van der Waals surface area contributed by atoms with Crippen molar-refractivity contribution in [3.63, 3.8) is 0 Å². The lowest BCUT2D eigenvalue weighted by Gasteiger charge is -2.01. The standard InChI is InChI=1S/C7H9NO2/c1-2-6-3-5(4-8)7(9)10-6/h5-6H,2-3H2,1H3. The van der Waals surface area contributed by atoms with Crippen molar-refractivity contribution in [1.82, 2.24) is 0 Å². The first-order valence-corrected chi connectivity index (χ1v) is 3.38. The van der Waals surface area contributed by atoms with Gasteiger partial charge in [0, 0.05) is 6.42 Å². The third kappa shape index (κ3) is 1.10. The SMILES string of the molecule is CCC1CC(C#N)C(=O)O1. The molecule has 0 spiro atoms. The van der Waals surface area contributed by atoms with Crippen molar-refractivity contribution in [3.8, 4) is 6.07 Å². The Labute approximate surface area is 59.6 Å². The molecule has 0 bridgehead atoms. The number of rotatable bonds is 1. The van der Waals surface area contributed by atoms with E-state index in [9.17, 15) is 4.79 Å². The summed E-state index contributed by atoms with van der Waals surface area (Å²) in [4.78, 5) is 10.7. The van der Waals surface area contributed by atoms with Crippen LogP contribution in [0.2, 0.25) is 0 Å². The summed E-state index contributed by atoms with van der Waals surface area (Å²) in [5, 5.41) is 8.40. The van der Waals surface area contributed by atoms with Crippen molar-refractivity contribution >= 4 is 5.97 Å². The van der Waals surface area contributed by atoms with E-state index in [0.717, 1.165) is 6.42 Å². The number of carbonyl (C=O) groups excluding carboxylic acids is 1. The minimum atomic E-state index is -0.509. The highest BCUT2D eigenvalue weighted by atomic mass is 16.5. The van der Waals surface area contributed by atoms with E-state index in [1.807, 2.05) is 13.0 Å². The fourth-order valence-electron chi connectivity index (χ4n) is 1.01. The van der Waals surface area contributed by atoms with Gasteiger partial charge in [0.15, 0.2) is 0 Å². The average Bonchev–Trinajstić information content (AvgIpc) is 2.30. The number of hydrogen-bond acceptors (Lipinski definition) is 3. The normalized spacial score (nSPS) is 31.4. The van der Waals surface area contributed by atoms with E-state index < -0.39 is 5.92 Å². The topological polar surface area (TPSA) is 50.1 Å². The number of cyclic esters (lactones) is 1. The van der Waals surface area contributed by atoms with Crippen molar-refractivity contribution in [2.75, 3.05) is 0 Å². The van der Waals surface area contributed by atoms with Crippen LogP contribution < -0.4 is 0 Å². The molecular weight excluding hydrogens is 130 g/mol. The zero-order valence-electron chi connectivity index (χ0n) is 5.83. The lowest BCUT2D eigenvalue weighted by Crippen LogP contribution is -2.04. The second-order valence-corrected chi connectivity index (χ2v) is 2.38. The molecule has 1 rings (SSSR count). The fourth-order valence-corrected chi connectivity index (χ4v) is 1.01. The van der Waals surface area contributed by atoms with Gasteiger partial charge in [0.25, 0.3) is 0 Å². The van der Waals surface area contributed by atoms with Gasteiger partial charge in [-0.05, 0) is 6.42 Å². The van der Waals surface area contributed by atoms with Gasteiger partial charge in [0.05, 0.1) is 6.07 Å². The summed E-state index contributed by atoms with van der Waals surface area (Å²) in [6.45, 7) is 1.94. The summed E-state index contributed by atoms with van der Waals surface area (Å²) in [6.07, 6.45) is 1.37. The van der Waals surface area contributed by atoms with Crippen molar-refractivity contribution in [1.29, 1.82) is 5.26 Å². The molecule has 0 aromatic heterocycles. The van der Waals surface area contributed by atoms with Crippen LogP contribution in [0.5, 0.6) is 0 Å². The van der Waals surface area contributed by atoms with E-state index in [0.29, 0.717) is 6.42 Å². The van der Waals surface area contributed by atoms with Crippen LogP contribution in [0.4, 0.5) is 0 Å². The van der Waals surface area contributed by atoms with Crippen LogP contribution >= 0.6 is 0 Å². The minimum absolute atomic E-state index is 0.0165. The zero-order valence-corrected chi connectivity index (χ0v) is 5.83. The van der Waals surface area contributed by atoms with Crippen molar-refractivity contribution in [2.45, 2.75) is 25.9 Å². The van der Waals surface area contributed by atoms with Gasteiger partial charge in [-0.1, -0.05) is 6.92 Å². The van der Waals surface area contributed by atoms with Gasteiger partial charge >= 0.3 is 5.97 Å². The highest BCUT2D eigenvalue weighted by Crippen LogP contribution is 2.21. The molecule has 1 fully saturated rings. The molecule has 10 heavy (non-hydrogen) atoms. The maximum Gasteiger partial charge on any atom is 0.323 e. The van der Waals surface area contributed by atoms with E-state index >= 15 is 0 Å². The van der Waals surface area contributed by atoms with Gasteiger partial charge in [-0.3, -0.25) is 4.79 Å². The average molecular weight is 139 g/mol. The molecule has 0 aromatic rings. The van der Waals surface area contributed by atoms with Gasteiger partial charge in [0.2, 0.25) is 0 Å². The molecular formula is C7H9NO2. The molecule has 0 aliphatic carbocycles. The Balaban J connectivity index is 2.54. The Kier molecular flexibility index (Phi) is 1.91. The van der Waals surface area contributed by atoms with Crippen LogP contribution in [-0.2, 0) is 9.53 Å². The molecule has 1 saturated heterocycles. The van der Waals surface area contributed by atoms with Gasteiger partial charge < -0.3 is 4.74 Å². The molecule has 3 nitrogen and oxygen atoms in total. The molecule has 2 unspecified atom stereocenters. The molecule has 0 radical (unpaired) electrons. The molecule has 1 aliphatic rings. The Hall–Kier alpha value is -1.04. The van der Waals surface area contributed by atoms with E-state index in [4.69, 9.17) is 10.00 Å². The lowest BCUT2D eigenvalue weighted by atomic mass is 10.1. The van der Waals surface area contributed by atoms with Gasteiger partial charge in [0.1, 0.15) is 12.0 Å². The summed E-state index contributed by atoms with van der Waals surface area (Å²) in [5.41, 5.74) is 0. The first-order valence-electron chi connectivity index (χ1n) is 3.38. The first-order chi connectivity index (χ1) is 4.77.